The average molecular weight is 191 g/mol. The van der Waals surface area contributed by atoms with Gasteiger partial charge in [0.2, 0.25) is 10.0 Å². The molecule has 1 aliphatic carbocycles. The fourth-order valence-corrected chi connectivity index (χ4v) is 1.71. The summed E-state index contributed by atoms with van der Waals surface area (Å²) in [5, 5.41) is -0.320. The van der Waals surface area contributed by atoms with Crippen molar-refractivity contribution in [3.63, 3.8) is 0 Å². The lowest BCUT2D eigenvalue weighted by Gasteiger charge is -2.12. The van der Waals surface area contributed by atoms with Gasteiger partial charge in [0.05, 0.1) is 5.25 Å². The van der Waals surface area contributed by atoms with Gasteiger partial charge in [-0.1, -0.05) is 6.92 Å². The third kappa shape index (κ3) is 2.45. The fraction of sp³-hybridized carbons (Fsp3) is 1.00. The Bertz CT molecular complexity index is 252. The maximum atomic E-state index is 11.3. The van der Waals surface area contributed by atoms with Gasteiger partial charge >= 0.3 is 0 Å². The van der Waals surface area contributed by atoms with Crippen molar-refractivity contribution in [2.45, 2.75) is 38.9 Å². The minimum atomic E-state index is -3.04. The van der Waals surface area contributed by atoms with Crippen LogP contribution in [0, 0.1) is 5.41 Å². The second-order valence-corrected chi connectivity index (χ2v) is 6.55. The Hall–Kier alpha value is -0.0900. The zero-order chi connectivity index (χ0) is 9.41. The maximum Gasteiger partial charge on any atom is 0.213 e. The van der Waals surface area contributed by atoms with Crippen molar-refractivity contribution in [2.75, 3.05) is 6.54 Å². The highest BCUT2D eigenvalue weighted by Gasteiger charge is 2.38. The molecule has 0 saturated heterocycles. The standard InChI is InChI=1S/C8H17NO2S/c1-7(2)12(10,11)9-6-8(3)4-5-8/h7,9H,4-6H2,1-3H3. The number of sulfonamides is 1. The summed E-state index contributed by atoms with van der Waals surface area (Å²) in [6, 6.07) is 0. The van der Waals surface area contributed by atoms with Crippen molar-refractivity contribution in [1.29, 1.82) is 0 Å². The molecule has 1 fully saturated rings. The van der Waals surface area contributed by atoms with E-state index >= 15 is 0 Å². The van der Waals surface area contributed by atoms with Gasteiger partial charge in [-0.25, -0.2) is 13.1 Å². The summed E-state index contributed by atoms with van der Waals surface area (Å²) >= 11 is 0. The maximum absolute atomic E-state index is 11.3. The summed E-state index contributed by atoms with van der Waals surface area (Å²) in [4.78, 5) is 0. The van der Waals surface area contributed by atoms with Gasteiger partial charge in [-0.3, -0.25) is 0 Å². The number of hydrogen-bond donors (Lipinski definition) is 1. The predicted molar refractivity (Wildman–Crippen MR) is 49.4 cm³/mol. The third-order valence-corrected chi connectivity index (χ3v) is 4.21. The first kappa shape index (κ1) is 9.99. The van der Waals surface area contributed by atoms with Gasteiger partial charge in [0.1, 0.15) is 0 Å². The summed E-state index contributed by atoms with van der Waals surface area (Å²) in [7, 11) is -3.04. The van der Waals surface area contributed by atoms with Gasteiger partial charge in [-0.15, -0.1) is 0 Å². The molecular weight excluding hydrogens is 174 g/mol. The summed E-state index contributed by atoms with van der Waals surface area (Å²) in [6.07, 6.45) is 2.29. The minimum Gasteiger partial charge on any atom is -0.214 e. The highest BCUT2D eigenvalue weighted by Crippen LogP contribution is 2.44. The molecular formula is C8H17NO2S. The Morgan fingerprint density at radius 1 is 1.42 bits per heavy atom. The first-order valence-electron chi connectivity index (χ1n) is 4.34. The largest absolute Gasteiger partial charge is 0.214 e. The molecule has 0 spiro atoms. The summed E-state index contributed by atoms with van der Waals surface area (Å²) < 4.78 is 25.2. The molecule has 1 N–H and O–H groups in total. The minimum absolute atomic E-state index is 0.252. The number of rotatable bonds is 4. The Labute approximate surface area is 74.6 Å². The summed E-state index contributed by atoms with van der Waals surface area (Å²) in [6.45, 7) is 6.10. The smallest absolute Gasteiger partial charge is 0.213 e. The van der Waals surface area contributed by atoms with Crippen molar-refractivity contribution in [3.8, 4) is 0 Å². The van der Waals surface area contributed by atoms with E-state index < -0.39 is 10.0 Å². The monoisotopic (exact) mass is 191 g/mol. The van der Waals surface area contributed by atoms with E-state index in [-0.39, 0.29) is 10.7 Å². The first-order valence-corrected chi connectivity index (χ1v) is 5.89. The number of nitrogens with one attached hydrogen (secondary N) is 1. The van der Waals surface area contributed by atoms with Crippen LogP contribution < -0.4 is 4.72 Å². The molecule has 0 unspecified atom stereocenters. The SMILES string of the molecule is CC(C)S(=O)(=O)NCC1(C)CC1. The van der Waals surface area contributed by atoms with E-state index in [1.165, 1.54) is 0 Å². The lowest BCUT2D eigenvalue weighted by molar-refractivity contribution is 0.525. The molecule has 0 aliphatic heterocycles. The average Bonchev–Trinajstić information content (AvgIpc) is 2.66. The Morgan fingerprint density at radius 3 is 2.25 bits per heavy atom. The van der Waals surface area contributed by atoms with Gasteiger partial charge in [-0.05, 0) is 32.1 Å². The molecule has 1 saturated carbocycles. The van der Waals surface area contributed by atoms with Crippen molar-refractivity contribution >= 4 is 10.0 Å². The molecule has 1 rings (SSSR count). The van der Waals surface area contributed by atoms with Crippen molar-refractivity contribution in [2.24, 2.45) is 5.41 Å². The molecule has 4 heteroatoms. The van der Waals surface area contributed by atoms with E-state index in [0.717, 1.165) is 12.8 Å². The fourth-order valence-electron chi connectivity index (χ4n) is 0.832. The van der Waals surface area contributed by atoms with E-state index in [2.05, 4.69) is 11.6 Å². The van der Waals surface area contributed by atoms with Crippen LogP contribution in [0.25, 0.3) is 0 Å². The molecule has 72 valence electrons. The Kier molecular flexibility index (Phi) is 2.50. The van der Waals surface area contributed by atoms with Crippen LogP contribution in [-0.4, -0.2) is 20.2 Å². The molecule has 0 bridgehead atoms. The Morgan fingerprint density at radius 2 is 1.92 bits per heavy atom. The lowest BCUT2D eigenvalue weighted by Crippen LogP contribution is -2.34. The lowest BCUT2D eigenvalue weighted by atomic mass is 10.2. The topological polar surface area (TPSA) is 46.2 Å². The summed E-state index contributed by atoms with van der Waals surface area (Å²) in [5.74, 6) is 0. The van der Waals surface area contributed by atoms with Crippen LogP contribution in [0.5, 0.6) is 0 Å². The van der Waals surface area contributed by atoms with Crippen molar-refractivity contribution in [3.05, 3.63) is 0 Å². The van der Waals surface area contributed by atoms with Crippen molar-refractivity contribution < 1.29 is 8.42 Å². The molecule has 0 aromatic rings. The van der Waals surface area contributed by atoms with E-state index in [0.29, 0.717) is 6.54 Å². The van der Waals surface area contributed by atoms with E-state index in [4.69, 9.17) is 0 Å². The van der Waals surface area contributed by atoms with Gasteiger partial charge in [0.25, 0.3) is 0 Å². The first-order chi connectivity index (χ1) is 5.36. The molecule has 0 heterocycles. The molecule has 0 aromatic carbocycles. The van der Waals surface area contributed by atoms with E-state index in [1.54, 1.807) is 13.8 Å². The molecule has 0 aromatic heterocycles. The highest BCUT2D eigenvalue weighted by molar-refractivity contribution is 7.90. The van der Waals surface area contributed by atoms with E-state index in [1.807, 2.05) is 0 Å². The van der Waals surface area contributed by atoms with Gasteiger partial charge in [0.15, 0.2) is 0 Å². The van der Waals surface area contributed by atoms with Crippen molar-refractivity contribution in [1.82, 2.24) is 4.72 Å². The van der Waals surface area contributed by atoms with Crippen LogP contribution in [0.4, 0.5) is 0 Å². The zero-order valence-corrected chi connectivity index (χ0v) is 8.74. The van der Waals surface area contributed by atoms with Crippen LogP contribution in [-0.2, 0) is 10.0 Å². The molecule has 0 amide bonds. The van der Waals surface area contributed by atoms with Crippen LogP contribution in [0.15, 0.2) is 0 Å². The third-order valence-electron chi connectivity index (χ3n) is 2.42. The van der Waals surface area contributed by atoms with E-state index in [9.17, 15) is 8.42 Å². The predicted octanol–water partition coefficient (Wildman–Crippen LogP) is 1.11. The molecule has 0 atom stereocenters. The molecule has 1 aliphatic rings. The number of hydrogen-bond acceptors (Lipinski definition) is 2. The highest BCUT2D eigenvalue weighted by atomic mass is 32.2. The molecule has 12 heavy (non-hydrogen) atoms. The van der Waals surface area contributed by atoms with Gasteiger partial charge < -0.3 is 0 Å². The summed E-state index contributed by atoms with van der Waals surface area (Å²) in [5.41, 5.74) is 0.252. The second kappa shape index (κ2) is 3.00. The zero-order valence-electron chi connectivity index (χ0n) is 7.92. The van der Waals surface area contributed by atoms with Crippen LogP contribution in [0.3, 0.4) is 0 Å². The van der Waals surface area contributed by atoms with Crippen LogP contribution >= 0.6 is 0 Å². The van der Waals surface area contributed by atoms with Crippen LogP contribution in [0.1, 0.15) is 33.6 Å². The normalized spacial score (nSPS) is 21.3. The quantitative estimate of drug-likeness (QED) is 0.723. The van der Waals surface area contributed by atoms with Gasteiger partial charge in [0, 0.05) is 6.54 Å². The molecule has 0 radical (unpaired) electrons. The van der Waals surface area contributed by atoms with Gasteiger partial charge in [-0.2, -0.15) is 0 Å². The second-order valence-electron chi connectivity index (χ2n) is 4.23. The Balaban J connectivity index is 2.41. The van der Waals surface area contributed by atoms with Crippen LogP contribution in [0.2, 0.25) is 0 Å². The molecule has 3 nitrogen and oxygen atoms in total.